The molecule has 1 rings (SSSR count). The summed E-state index contributed by atoms with van der Waals surface area (Å²) in [6.07, 6.45) is -4.26. The van der Waals surface area contributed by atoms with Gasteiger partial charge in [-0.3, -0.25) is 5.32 Å². The van der Waals surface area contributed by atoms with Crippen molar-refractivity contribution >= 4 is 0 Å². The minimum Gasteiger partial charge on any atom is -0.497 e. The van der Waals surface area contributed by atoms with Gasteiger partial charge in [-0.2, -0.15) is 13.2 Å². The Bertz CT molecular complexity index is 376. The van der Waals surface area contributed by atoms with Crippen molar-refractivity contribution in [2.45, 2.75) is 52.4 Å². The third kappa shape index (κ3) is 5.04. The molecule has 20 heavy (non-hydrogen) atoms. The van der Waals surface area contributed by atoms with Gasteiger partial charge in [0.15, 0.2) is 0 Å². The number of nitrogens with one attached hydrogen (secondary N) is 1. The largest absolute Gasteiger partial charge is 0.497 e. The van der Waals surface area contributed by atoms with E-state index in [0.717, 1.165) is 5.56 Å². The van der Waals surface area contributed by atoms with E-state index in [1.54, 1.807) is 31.4 Å². The fourth-order valence-corrected chi connectivity index (χ4v) is 1.47. The molecular weight excluding hydrogens is 267 g/mol. The highest BCUT2D eigenvalue weighted by Gasteiger charge is 2.49. The van der Waals surface area contributed by atoms with Crippen molar-refractivity contribution in [2.75, 3.05) is 7.11 Å². The molecular formula is C15H24F3NO. The standard InChI is InChI=1S/C13H18F3NO.C2H6/c1-4-12(2,13(14,15)16)17-9-10-5-7-11(18-3)8-6-10;1-2/h5-8,17H,4,9H2,1-3H3;1-2H3. The molecule has 0 heterocycles. The van der Waals surface area contributed by atoms with Crippen LogP contribution in [0.5, 0.6) is 5.75 Å². The lowest BCUT2D eigenvalue weighted by atomic mass is 9.97. The van der Waals surface area contributed by atoms with Gasteiger partial charge in [-0.25, -0.2) is 0 Å². The minimum atomic E-state index is -4.26. The lowest BCUT2D eigenvalue weighted by Crippen LogP contribution is -2.53. The molecule has 0 saturated heterocycles. The van der Waals surface area contributed by atoms with Crippen LogP contribution in [0.25, 0.3) is 0 Å². The summed E-state index contributed by atoms with van der Waals surface area (Å²) in [6.45, 7) is 6.87. The lowest BCUT2D eigenvalue weighted by molar-refractivity contribution is -0.192. The number of rotatable bonds is 5. The Morgan fingerprint density at radius 1 is 1.10 bits per heavy atom. The van der Waals surface area contributed by atoms with E-state index in [1.165, 1.54) is 13.8 Å². The smallest absolute Gasteiger partial charge is 0.406 e. The summed E-state index contributed by atoms with van der Waals surface area (Å²) in [5.41, 5.74) is -1.06. The van der Waals surface area contributed by atoms with Crippen molar-refractivity contribution in [3.63, 3.8) is 0 Å². The van der Waals surface area contributed by atoms with E-state index in [4.69, 9.17) is 4.74 Å². The third-order valence-corrected chi connectivity index (χ3v) is 3.17. The predicted molar refractivity (Wildman–Crippen MR) is 75.9 cm³/mol. The van der Waals surface area contributed by atoms with Gasteiger partial charge >= 0.3 is 6.18 Å². The van der Waals surface area contributed by atoms with Crippen LogP contribution in [0.1, 0.15) is 39.7 Å². The van der Waals surface area contributed by atoms with Crippen LogP contribution in [-0.2, 0) is 6.54 Å². The van der Waals surface area contributed by atoms with Gasteiger partial charge in [-0.05, 0) is 31.0 Å². The summed E-state index contributed by atoms with van der Waals surface area (Å²) in [5, 5.41) is 2.57. The normalized spacial score (nSPS) is 14.0. The van der Waals surface area contributed by atoms with Crippen molar-refractivity contribution in [2.24, 2.45) is 0 Å². The molecule has 0 aliphatic carbocycles. The monoisotopic (exact) mass is 291 g/mol. The highest BCUT2D eigenvalue weighted by molar-refractivity contribution is 5.27. The van der Waals surface area contributed by atoms with E-state index < -0.39 is 11.7 Å². The molecule has 0 aromatic heterocycles. The van der Waals surface area contributed by atoms with Gasteiger partial charge in [0.2, 0.25) is 0 Å². The highest BCUT2D eigenvalue weighted by Crippen LogP contribution is 2.32. The molecule has 1 N–H and O–H groups in total. The highest BCUT2D eigenvalue weighted by atomic mass is 19.4. The van der Waals surface area contributed by atoms with Gasteiger partial charge in [-0.15, -0.1) is 0 Å². The first-order valence-electron chi connectivity index (χ1n) is 6.77. The Balaban J connectivity index is 0.00000172. The summed E-state index contributed by atoms with van der Waals surface area (Å²) in [6, 6.07) is 6.96. The van der Waals surface area contributed by atoms with Crippen molar-refractivity contribution in [1.82, 2.24) is 5.32 Å². The molecule has 0 radical (unpaired) electrons. The van der Waals surface area contributed by atoms with Crippen molar-refractivity contribution in [3.05, 3.63) is 29.8 Å². The zero-order valence-corrected chi connectivity index (χ0v) is 12.8. The van der Waals surface area contributed by atoms with Crippen molar-refractivity contribution in [1.29, 1.82) is 0 Å². The molecule has 5 heteroatoms. The fourth-order valence-electron chi connectivity index (χ4n) is 1.47. The van der Waals surface area contributed by atoms with Crippen LogP contribution in [0, 0.1) is 0 Å². The van der Waals surface area contributed by atoms with Crippen LogP contribution >= 0.6 is 0 Å². The van der Waals surface area contributed by atoms with E-state index in [1.807, 2.05) is 13.8 Å². The van der Waals surface area contributed by atoms with Gasteiger partial charge in [0, 0.05) is 6.54 Å². The second-order valence-electron chi connectivity index (χ2n) is 4.39. The number of methoxy groups -OCH3 is 1. The predicted octanol–water partition coefficient (Wildman–Crippen LogP) is 4.54. The zero-order chi connectivity index (χ0) is 15.8. The average molecular weight is 291 g/mol. The molecule has 0 aliphatic heterocycles. The molecule has 0 amide bonds. The average Bonchev–Trinajstić information content (AvgIpc) is 2.46. The topological polar surface area (TPSA) is 21.3 Å². The third-order valence-electron chi connectivity index (χ3n) is 3.17. The summed E-state index contributed by atoms with van der Waals surface area (Å²) < 4.78 is 43.5. The van der Waals surface area contributed by atoms with Gasteiger partial charge in [0.05, 0.1) is 7.11 Å². The first-order chi connectivity index (χ1) is 9.32. The Kier molecular flexibility index (Phi) is 7.64. The Morgan fingerprint density at radius 2 is 1.60 bits per heavy atom. The Hall–Kier alpha value is -1.23. The maximum absolute atomic E-state index is 12.8. The fraction of sp³-hybridized carbons (Fsp3) is 0.600. The number of alkyl halides is 3. The molecule has 0 spiro atoms. The van der Waals surface area contributed by atoms with Gasteiger partial charge in [0.25, 0.3) is 0 Å². The number of hydrogen-bond acceptors (Lipinski definition) is 2. The van der Waals surface area contributed by atoms with E-state index in [2.05, 4.69) is 5.32 Å². The quantitative estimate of drug-likeness (QED) is 0.859. The van der Waals surface area contributed by atoms with Gasteiger partial charge in [0.1, 0.15) is 11.3 Å². The van der Waals surface area contributed by atoms with Crippen LogP contribution in [-0.4, -0.2) is 18.8 Å². The second-order valence-corrected chi connectivity index (χ2v) is 4.39. The van der Waals surface area contributed by atoms with E-state index in [0.29, 0.717) is 5.75 Å². The first-order valence-corrected chi connectivity index (χ1v) is 6.77. The maximum atomic E-state index is 12.8. The number of hydrogen-bond donors (Lipinski definition) is 1. The summed E-state index contributed by atoms with van der Waals surface area (Å²) in [5.74, 6) is 0.688. The molecule has 1 atom stereocenters. The van der Waals surface area contributed by atoms with Crippen LogP contribution in [0.15, 0.2) is 24.3 Å². The van der Waals surface area contributed by atoms with Gasteiger partial charge in [-0.1, -0.05) is 32.9 Å². The van der Waals surface area contributed by atoms with Crippen LogP contribution in [0.4, 0.5) is 13.2 Å². The summed E-state index contributed by atoms with van der Waals surface area (Å²) in [4.78, 5) is 0. The van der Waals surface area contributed by atoms with Crippen LogP contribution < -0.4 is 10.1 Å². The second kappa shape index (κ2) is 8.15. The summed E-state index contributed by atoms with van der Waals surface area (Å²) in [7, 11) is 1.55. The lowest BCUT2D eigenvalue weighted by Gasteiger charge is -2.32. The SMILES string of the molecule is CC.CCC(C)(NCc1ccc(OC)cc1)C(F)(F)F. The zero-order valence-electron chi connectivity index (χ0n) is 12.8. The summed E-state index contributed by atoms with van der Waals surface area (Å²) >= 11 is 0. The molecule has 0 aliphatic rings. The Morgan fingerprint density at radius 3 is 1.95 bits per heavy atom. The van der Waals surface area contributed by atoms with Crippen LogP contribution in [0.2, 0.25) is 0 Å². The molecule has 116 valence electrons. The van der Waals surface area contributed by atoms with Gasteiger partial charge < -0.3 is 4.74 Å². The Labute approximate surface area is 119 Å². The maximum Gasteiger partial charge on any atom is 0.406 e. The molecule has 0 saturated carbocycles. The first kappa shape index (κ1) is 18.8. The van der Waals surface area contributed by atoms with Crippen molar-refractivity contribution in [3.8, 4) is 5.75 Å². The van der Waals surface area contributed by atoms with E-state index in [-0.39, 0.29) is 13.0 Å². The molecule has 2 nitrogen and oxygen atoms in total. The van der Waals surface area contributed by atoms with E-state index >= 15 is 0 Å². The molecule has 0 fully saturated rings. The molecule has 1 aromatic carbocycles. The molecule has 1 unspecified atom stereocenters. The molecule has 0 bridgehead atoms. The number of benzene rings is 1. The molecule has 1 aromatic rings. The minimum absolute atomic E-state index is 0.00729. The van der Waals surface area contributed by atoms with E-state index in [9.17, 15) is 13.2 Å². The number of halogens is 3. The number of ether oxygens (including phenoxy) is 1. The van der Waals surface area contributed by atoms with Crippen LogP contribution in [0.3, 0.4) is 0 Å². The van der Waals surface area contributed by atoms with Crippen molar-refractivity contribution < 1.29 is 17.9 Å².